The van der Waals surface area contributed by atoms with Crippen LogP contribution in [-0.2, 0) is 11.3 Å². The molecule has 1 aromatic carbocycles. The summed E-state index contributed by atoms with van der Waals surface area (Å²) in [6.45, 7) is 7.88. The van der Waals surface area contributed by atoms with Gasteiger partial charge in [-0.2, -0.15) is 0 Å². The molecule has 36 heavy (non-hydrogen) atoms. The third-order valence-electron chi connectivity index (χ3n) is 12.0. The highest BCUT2D eigenvalue weighted by atomic mass is 16.3. The standard InChI is InChI=1S/C32H49NO3/c1-21(10-15-30(36)33(4)20-22-8-6-5-7-9-22)26-13-14-27-25-12-11-23-18-24(34)16-17-31(23,2)28(25)19-29(35)32(26,27)3/h5-9,21,23-29,34-35H,10-20H2,1-4H3. The fourth-order valence-corrected chi connectivity index (χ4v) is 9.85. The van der Waals surface area contributed by atoms with Gasteiger partial charge in [-0.05, 0) is 110 Å². The number of nitrogens with zero attached hydrogens (tertiary/aromatic N) is 1. The Labute approximate surface area is 218 Å². The van der Waals surface area contributed by atoms with E-state index in [9.17, 15) is 15.0 Å². The number of amides is 1. The zero-order valence-corrected chi connectivity index (χ0v) is 23.0. The normalized spacial score (nSPS) is 42.7. The van der Waals surface area contributed by atoms with E-state index in [1.807, 2.05) is 30.1 Å². The van der Waals surface area contributed by atoms with Crippen molar-refractivity contribution >= 4 is 5.91 Å². The fraction of sp³-hybridized carbons (Fsp3) is 0.781. The monoisotopic (exact) mass is 495 g/mol. The van der Waals surface area contributed by atoms with Crippen LogP contribution >= 0.6 is 0 Å². The predicted octanol–water partition coefficient (Wildman–Crippen LogP) is 6.05. The van der Waals surface area contributed by atoms with Crippen molar-refractivity contribution in [2.24, 2.45) is 46.3 Å². The first-order valence-electron chi connectivity index (χ1n) is 14.8. The molecule has 1 aromatic rings. The van der Waals surface area contributed by atoms with Gasteiger partial charge in [0.1, 0.15) is 0 Å². The Bertz CT molecular complexity index is 919. The summed E-state index contributed by atoms with van der Waals surface area (Å²) >= 11 is 0. The molecule has 2 N–H and O–H groups in total. The highest BCUT2D eigenvalue weighted by Gasteiger charge is 2.63. The topological polar surface area (TPSA) is 60.8 Å². The second-order valence-corrected chi connectivity index (χ2v) is 13.6. The maximum absolute atomic E-state index is 12.9. The van der Waals surface area contributed by atoms with Gasteiger partial charge in [-0.25, -0.2) is 0 Å². The molecule has 0 spiro atoms. The lowest BCUT2D eigenvalue weighted by Gasteiger charge is -2.62. The van der Waals surface area contributed by atoms with E-state index in [0.717, 1.165) is 32.1 Å². The summed E-state index contributed by atoms with van der Waals surface area (Å²) in [5, 5.41) is 22.1. The van der Waals surface area contributed by atoms with Crippen LogP contribution in [0.2, 0.25) is 0 Å². The Morgan fingerprint density at radius 1 is 1.03 bits per heavy atom. The molecule has 4 heteroatoms. The van der Waals surface area contributed by atoms with E-state index in [1.54, 1.807) is 0 Å². The van der Waals surface area contributed by atoms with E-state index < -0.39 is 0 Å². The summed E-state index contributed by atoms with van der Waals surface area (Å²) < 4.78 is 0. The van der Waals surface area contributed by atoms with E-state index in [-0.39, 0.29) is 28.9 Å². The lowest BCUT2D eigenvalue weighted by Crippen LogP contribution is -2.58. The molecule has 10 atom stereocenters. The molecule has 200 valence electrons. The van der Waals surface area contributed by atoms with Crippen molar-refractivity contribution in [3.05, 3.63) is 35.9 Å². The van der Waals surface area contributed by atoms with Crippen LogP contribution in [0.25, 0.3) is 0 Å². The minimum absolute atomic E-state index is 0.0308. The van der Waals surface area contributed by atoms with E-state index in [2.05, 4.69) is 32.9 Å². The maximum Gasteiger partial charge on any atom is 0.222 e. The van der Waals surface area contributed by atoms with Gasteiger partial charge in [-0.3, -0.25) is 4.79 Å². The zero-order chi connectivity index (χ0) is 25.7. The van der Waals surface area contributed by atoms with Crippen LogP contribution in [0.1, 0.15) is 90.5 Å². The second-order valence-electron chi connectivity index (χ2n) is 13.6. The summed E-state index contributed by atoms with van der Waals surface area (Å²) in [5.41, 5.74) is 1.42. The first-order chi connectivity index (χ1) is 17.1. The number of benzene rings is 1. The van der Waals surface area contributed by atoms with E-state index in [0.29, 0.717) is 48.5 Å². The Balaban J connectivity index is 1.23. The lowest BCUT2D eigenvalue weighted by atomic mass is 9.43. The van der Waals surface area contributed by atoms with E-state index >= 15 is 0 Å². The molecule has 0 heterocycles. The number of hydrogen-bond acceptors (Lipinski definition) is 3. The molecule has 0 saturated heterocycles. The summed E-state index contributed by atoms with van der Waals surface area (Å²) in [4.78, 5) is 14.8. The molecule has 10 unspecified atom stereocenters. The molecular formula is C32H49NO3. The van der Waals surface area contributed by atoms with Crippen molar-refractivity contribution in [1.29, 1.82) is 0 Å². The maximum atomic E-state index is 12.9. The molecule has 4 nitrogen and oxygen atoms in total. The third-order valence-corrected chi connectivity index (χ3v) is 12.0. The number of aliphatic hydroxyl groups is 2. The van der Waals surface area contributed by atoms with Crippen molar-refractivity contribution in [2.45, 2.75) is 104 Å². The second kappa shape index (κ2) is 10.1. The third kappa shape index (κ3) is 4.45. The summed E-state index contributed by atoms with van der Waals surface area (Å²) in [6, 6.07) is 10.2. The van der Waals surface area contributed by atoms with E-state index in [1.165, 1.54) is 31.2 Å². The Morgan fingerprint density at radius 2 is 1.78 bits per heavy atom. The highest BCUT2D eigenvalue weighted by molar-refractivity contribution is 5.75. The van der Waals surface area contributed by atoms with Crippen molar-refractivity contribution in [3.63, 3.8) is 0 Å². The largest absolute Gasteiger partial charge is 0.393 e. The van der Waals surface area contributed by atoms with Gasteiger partial charge >= 0.3 is 0 Å². The average molecular weight is 496 g/mol. The van der Waals surface area contributed by atoms with Crippen molar-refractivity contribution in [3.8, 4) is 0 Å². The minimum atomic E-state index is -0.252. The SMILES string of the molecule is CC(CCC(=O)N(C)Cc1ccccc1)C1CCC2C3CCC4CC(O)CCC4(C)C3CC(O)C12C. The number of rotatable bonds is 6. The van der Waals surface area contributed by atoms with Crippen LogP contribution in [0.3, 0.4) is 0 Å². The molecule has 0 radical (unpaired) electrons. The number of carbonyl (C=O) groups excluding carboxylic acids is 1. The van der Waals surface area contributed by atoms with Crippen LogP contribution in [-0.4, -0.2) is 40.3 Å². The van der Waals surface area contributed by atoms with Crippen molar-refractivity contribution < 1.29 is 15.0 Å². The van der Waals surface area contributed by atoms with Gasteiger partial charge in [0.05, 0.1) is 12.2 Å². The highest BCUT2D eigenvalue weighted by Crippen LogP contribution is 2.68. The van der Waals surface area contributed by atoms with E-state index in [4.69, 9.17) is 0 Å². The van der Waals surface area contributed by atoms with Gasteiger partial charge in [0.25, 0.3) is 0 Å². The molecule has 0 aromatic heterocycles. The van der Waals surface area contributed by atoms with Crippen LogP contribution in [0.5, 0.6) is 0 Å². The summed E-state index contributed by atoms with van der Waals surface area (Å²) in [5.74, 6) is 3.68. The zero-order valence-electron chi connectivity index (χ0n) is 23.0. The molecule has 5 rings (SSSR count). The first kappa shape index (κ1) is 26.2. The van der Waals surface area contributed by atoms with Gasteiger partial charge in [0.2, 0.25) is 5.91 Å². The molecule has 4 aliphatic rings. The van der Waals surface area contributed by atoms with Crippen molar-refractivity contribution in [1.82, 2.24) is 4.90 Å². The summed E-state index contributed by atoms with van der Waals surface area (Å²) in [6.07, 6.45) is 10.0. The minimum Gasteiger partial charge on any atom is -0.393 e. The van der Waals surface area contributed by atoms with Crippen molar-refractivity contribution in [2.75, 3.05) is 7.05 Å². The molecule has 1 amide bonds. The van der Waals surface area contributed by atoms with Gasteiger partial charge in [0.15, 0.2) is 0 Å². The molecule has 0 bridgehead atoms. The molecule has 4 saturated carbocycles. The van der Waals surface area contributed by atoms with Crippen LogP contribution in [0.4, 0.5) is 0 Å². The Hall–Kier alpha value is -1.39. The van der Waals surface area contributed by atoms with Gasteiger partial charge < -0.3 is 15.1 Å². The number of hydrogen-bond donors (Lipinski definition) is 2. The van der Waals surface area contributed by atoms with Crippen LogP contribution in [0, 0.1) is 46.3 Å². The fourth-order valence-electron chi connectivity index (χ4n) is 9.85. The molecule has 4 fully saturated rings. The van der Waals surface area contributed by atoms with Crippen LogP contribution < -0.4 is 0 Å². The number of fused-ring (bicyclic) bond motifs is 5. The molecule has 0 aliphatic heterocycles. The molecule has 4 aliphatic carbocycles. The lowest BCUT2D eigenvalue weighted by molar-refractivity contribution is -0.175. The Kier molecular flexibility index (Phi) is 7.33. The van der Waals surface area contributed by atoms with Gasteiger partial charge in [-0.15, -0.1) is 0 Å². The van der Waals surface area contributed by atoms with Crippen LogP contribution in [0.15, 0.2) is 30.3 Å². The number of carbonyl (C=O) groups is 1. The smallest absolute Gasteiger partial charge is 0.222 e. The number of aliphatic hydroxyl groups excluding tert-OH is 2. The van der Waals surface area contributed by atoms with Gasteiger partial charge in [0, 0.05) is 20.0 Å². The van der Waals surface area contributed by atoms with Gasteiger partial charge in [-0.1, -0.05) is 51.1 Å². The average Bonchev–Trinajstić information content (AvgIpc) is 3.23. The molecular weight excluding hydrogens is 446 g/mol. The Morgan fingerprint density at radius 3 is 2.53 bits per heavy atom. The summed E-state index contributed by atoms with van der Waals surface area (Å²) in [7, 11) is 1.92. The quantitative estimate of drug-likeness (QED) is 0.505. The first-order valence-corrected chi connectivity index (χ1v) is 14.8. The predicted molar refractivity (Wildman–Crippen MR) is 144 cm³/mol.